The highest BCUT2D eigenvalue weighted by Crippen LogP contribution is 2.27. The van der Waals surface area contributed by atoms with Crippen LogP contribution in [0, 0.1) is 0 Å². The summed E-state index contributed by atoms with van der Waals surface area (Å²) in [4.78, 5) is 10.5. The van der Waals surface area contributed by atoms with E-state index in [4.69, 9.17) is 10.2 Å². The average molecular weight is 197 g/mol. The highest BCUT2D eigenvalue weighted by Gasteiger charge is 2.12. The summed E-state index contributed by atoms with van der Waals surface area (Å²) in [6, 6.07) is 3.02. The minimum Gasteiger partial charge on any atom is -0.508 e. The van der Waals surface area contributed by atoms with Gasteiger partial charge in [-0.1, -0.05) is 0 Å². The van der Waals surface area contributed by atoms with Crippen molar-refractivity contribution in [1.29, 1.82) is 0 Å². The lowest BCUT2D eigenvalue weighted by Crippen LogP contribution is -2.25. The Morgan fingerprint density at radius 2 is 2.07 bits per heavy atom. The number of nitrogens with one attached hydrogen (secondary N) is 1. The maximum atomic E-state index is 10.5. The first kappa shape index (κ1) is 10.2. The van der Waals surface area contributed by atoms with Gasteiger partial charge in [0.1, 0.15) is 17.5 Å². The lowest BCUT2D eigenvalue weighted by molar-refractivity contribution is -0.137. The predicted octanol–water partition coefficient (Wildman–Crippen LogP) is 0.983. The predicted molar refractivity (Wildman–Crippen MR) is 50.5 cm³/mol. The van der Waals surface area contributed by atoms with Crippen molar-refractivity contribution in [2.24, 2.45) is 0 Å². The smallest absolute Gasteiger partial charge is 0.325 e. The van der Waals surface area contributed by atoms with E-state index in [0.29, 0.717) is 0 Å². The van der Waals surface area contributed by atoms with Crippen molar-refractivity contribution < 1.29 is 20.1 Å². The first-order valence-corrected chi connectivity index (χ1v) is 4.02. The molecular weight excluding hydrogens is 186 g/mol. The molecule has 0 fully saturated rings. The molecule has 14 heavy (non-hydrogen) atoms. The van der Waals surface area contributed by atoms with Crippen LogP contribution in [0.25, 0.3) is 0 Å². The minimum absolute atomic E-state index is 0.0390. The molecule has 1 rings (SSSR count). The summed E-state index contributed by atoms with van der Waals surface area (Å²) in [5.74, 6) is -1.17. The zero-order valence-corrected chi connectivity index (χ0v) is 7.56. The topological polar surface area (TPSA) is 89.8 Å². The number of carboxylic acid groups (broad SMARTS) is 1. The van der Waals surface area contributed by atoms with E-state index < -0.39 is 12.0 Å². The van der Waals surface area contributed by atoms with Gasteiger partial charge in [-0.15, -0.1) is 0 Å². The van der Waals surface area contributed by atoms with Crippen LogP contribution < -0.4 is 5.32 Å². The number of phenolic OH excluding ortho intramolecular Hbond substituents is 2. The van der Waals surface area contributed by atoms with E-state index in [2.05, 4.69) is 5.32 Å². The fourth-order valence-corrected chi connectivity index (χ4v) is 0.935. The Hall–Kier alpha value is -1.91. The SMILES string of the molecule is C[C@H](Nc1cc(O)ccc1O)C(=O)O. The lowest BCUT2D eigenvalue weighted by Gasteiger charge is -2.12. The van der Waals surface area contributed by atoms with Gasteiger partial charge in [-0.25, -0.2) is 0 Å². The molecule has 0 aliphatic carbocycles. The number of carbonyl (C=O) groups is 1. The summed E-state index contributed by atoms with van der Waals surface area (Å²) in [6.45, 7) is 1.44. The largest absolute Gasteiger partial charge is 0.508 e. The number of carboxylic acids is 1. The monoisotopic (exact) mass is 197 g/mol. The van der Waals surface area contributed by atoms with Gasteiger partial charge in [0, 0.05) is 6.07 Å². The molecule has 0 spiro atoms. The van der Waals surface area contributed by atoms with Crippen LogP contribution in [0.15, 0.2) is 18.2 Å². The van der Waals surface area contributed by atoms with E-state index in [9.17, 15) is 9.90 Å². The van der Waals surface area contributed by atoms with Crippen molar-refractivity contribution in [1.82, 2.24) is 0 Å². The number of aromatic hydroxyl groups is 2. The number of aliphatic carboxylic acids is 1. The fraction of sp³-hybridized carbons (Fsp3) is 0.222. The van der Waals surface area contributed by atoms with Crippen molar-refractivity contribution in [2.75, 3.05) is 5.32 Å². The van der Waals surface area contributed by atoms with Crippen LogP contribution in [0.4, 0.5) is 5.69 Å². The second kappa shape index (κ2) is 3.87. The molecule has 4 N–H and O–H groups in total. The maximum Gasteiger partial charge on any atom is 0.325 e. The van der Waals surface area contributed by atoms with Gasteiger partial charge in [0.25, 0.3) is 0 Å². The maximum absolute atomic E-state index is 10.5. The molecule has 0 aliphatic rings. The molecule has 5 heteroatoms. The highest BCUT2D eigenvalue weighted by atomic mass is 16.4. The van der Waals surface area contributed by atoms with Gasteiger partial charge in [0.05, 0.1) is 5.69 Å². The van der Waals surface area contributed by atoms with Crippen molar-refractivity contribution >= 4 is 11.7 Å². The Bertz CT molecular complexity index is 351. The first-order valence-electron chi connectivity index (χ1n) is 4.02. The van der Waals surface area contributed by atoms with Crippen molar-refractivity contribution in [3.05, 3.63) is 18.2 Å². The highest BCUT2D eigenvalue weighted by molar-refractivity contribution is 5.77. The molecule has 0 radical (unpaired) electrons. The number of anilines is 1. The number of benzene rings is 1. The lowest BCUT2D eigenvalue weighted by atomic mass is 10.2. The van der Waals surface area contributed by atoms with Crippen molar-refractivity contribution in [3.8, 4) is 11.5 Å². The average Bonchev–Trinajstić information content (AvgIpc) is 2.11. The Balaban J connectivity index is 2.85. The molecule has 1 atom stereocenters. The van der Waals surface area contributed by atoms with Crippen LogP contribution in [0.1, 0.15) is 6.92 Å². The standard InChI is InChI=1S/C9H11NO4/c1-5(9(13)14)10-7-4-6(11)2-3-8(7)12/h2-5,10-12H,1H3,(H,13,14)/t5-/m0/s1. The van der Waals surface area contributed by atoms with Crippen LogP contribution >= 0.6 is 0 Å². The van der Waals surface area contributed by atoms with Gasteiger partial charge in [-0.05, 0) is 19.1 Å². The quantitative estimate of drug-likeness (QED) is 0.428. The van der Waals surface area contributed by atoms with E-state index in [-0.39, 0.29) is 17.2 Å². The van der Waals surface area contributed by atoms with E-state index in [1.54, 1.807) is 0 Å². The van der Waals surface area contributed by atoms with Crippen LogP contribution in [-0.2, 0) is 4.79 Å². The molecule has 5 nitrogen and oxygen atoms in total. The van der Waals surface area contributed by atoms with E-state index in [0.717, 1.165) is 0 Å². The Morgan fingerprint density at radius 3 is 2.64 bits per heavy atom. The third-order valence-electron chi connectivity index (χ3n) is 1.72. The summed E-state index contributed by atoms with van der Waals surface area (Å²) < 4.78 is 0. The first-order chi connectivity index (χ1) is 6.50. The minimum atomic E-state index is -1.03. The van der Waals surface area contributed by atoms with Gasteiger partial charge in [0.2, 0.25) is 0 Å². The summed E-state index contributed by atoms with van der Waals surface area (Å²) in [7, 11) is 0. The van der Waals surface area contributed by atoms with E-state index >= 15 is 0 Å². The van der Waals surface area contributed by atoms with Crippen LogP contribution in [0.5, 0.6) is 11.5 Å². The molecule has 0 saturated carbocycles. The van der Waals surface area contributed by atoms with Gasteiger partial charge in [-0.2, -0.15) is 0 Å². The molecule has 0 bridgehead atoms. The number of phenols is 2. The Kier molecular flexibility index (Phi) is 2.81. The molecule has 1 aromatic rings. The Morgan fingerprint density at radius 1 is 1.43 bits per heavy atom. The van der Waals surface area contributed by atoms with Crippen molar-refractivity contribution in [3.63, 3.8) is 0 Å². The third kappa shape index (κ3) is 2.29. The van der Waals surface area contributed by atoms with Gasteiger partial charge >= 0.3 is 5.97 Å². The van der Waals surface area contributed by atoms with E-state index in [1.807, 2.05) is 0 Å². The van der Waals surface area contributed by atoms with Gasteiger partial charge < -0.3 is 20.6 Å². The van der Waals surface area contributed by atoms with Gasteiger partial charge in [0.15, 0.2) is 0 Å². The summed E-state index contributed by atoms with van der Waals surface area (Å²) in [6.07, 6.45) is 0. The van der Waals surface area contributed by atoms with Crippen molar-refractivity contribution in [2.45, 2.75) is 13.0 Å². The molecule has 76 valence electrons. The van der Waals surface area contributed by atoms with Crippen LogP contribution in [0.2, 0.25) is 0 Å². The molecular formula is C9H11NO4. The van der Waals surface area contributed by atoms with Gasteiger partial charge in [-0.3, -0.25) is 4.79 Å². The molecule has 0 amide bonds. The molecule has 0 saturated heterocycles. The summed E-state index contributed by atoms with van der Waals surface area (Å²) >= 11 is 0. The third-order valence-corrected chi connectivity index (χ3v) is 1.72. The molecule has 0 aliphatic heterocycles. The zero-order valence-electron chi connectivity index (χ0n) is 7.56. The van der Waals surface area contributed by atoms with E-state index in [1.165, 1.54) is 25.1 Å². The molecule has 0 heterocycles. The normalized spacial score (nSPS) is 12.1. The number of hydrogen-bond acceptors (Lipinski definition) is 4. The second-order valence-corrected chi connectivity index (χ2v) is 2.91. The van der Waals surface area contributed by atoms with Crippen LogP contribution in [-0.4, -0.2) is 27.3 Å². The van der Waals surface area contributed by atoms with Crippen LogP contribution in [0.3, 0.4) is 0 Å². The summed E-state index contributed by atoms with van der Waals surface area (Å²) in [5, 5.41) is 29.5. The number of rotatable bonds is 3. The Labute approximate surface area is 80.6 Å². The zero-order chi connectivity index (χ0) is 10.7. The molecule has 1 aromatic carbocycles. The molecule has 0 unspecified atom stereocenters. The summed E-state index contributed by atoms with van der Waals surface area (Å²) in [5.41, 5.74) is 0.194. The molecule has 0 aromatic heterocycles. The fourth-order valence-electron chi connectivity index (χ4n) is 0.935. The number of hydrogen-bond donors (Lipinski definition) is 4. The second-order valence-electron chi connectivity index (χ2n) is 2.91.